The van der Waals surface area contributed by atoms with E-state index in [4.69, 9.17) is 0 Å². The van der Waals surface area contributed by atoms with E-state index in [0.29, 0.717) is 0 Å². The molecule has 0 spiro atoms. The van der Waals surface area contributed by atoms with Crippen molar-refractivity contribution >= 4 is 36.2 Å². The second-order valence-corrected chi connectivity index (χ2v) is 5.93. The van der Waals surface area contributed by atoms with E-state index in [2.05, 4.69) is 57.2 Å². The van der Waals surface area contributed by atoms with Crippen LogP contribution in [0.5, 0.6) is 0 Å². The monoisotopic (exact) mass is 286 g/mol. The van der Waals surface area contributed by atoms with Crippen LogP contribution in [0.2, 0.25) is 0 Å². The molecule has 80 valence electrons. The Morgan fingerprint density at radius 2 is 1.62 bits per heavy atom. The number of hydrogen-bond donors (Lipinski definition) is 0. The van der Waals surface area contributed by atoms with E-state index in [-0.39, 0.29) is 22.4 Å². The Bertz CT molecular complexity index is 498. The molecule has 0 aliphatic heterocycles. The molecule has 0 aliphatic carbocycles. The quantitative estimate of drug-likeness (QED) is 0.595. The summed E-state index contributed by atoms with van der Waals surface area (Å²) in [6, 6.07) is 13.2. The van der Waals surface area contributed by atoms with Crippen LogP contribution in [0.25, 0.3) is 10.8 Å². The molecule has 0 radical (unpaired) electrons. The predicted molar refractivity (Wildman–Crippen MR) is 68.0 cm³/mol. The Morgan fingerprint density at radius 3 is 2.25 bits per heavy atom. The maximum Gasteiger partial charge on any atom is -1.00 e. The van der Waals surface area contributed by atoms with Crippen molar-refractivity contribution in [2.75, 3.05) is 0 Å². The Hall–Kier alpha value is -0.0538. The van der Waals surface area contributed by atoms with E-state index in [9.17, 15) is 0 Å². The first-order valence-electron chi connectivity index (χ1n) is 5.34. The van der Waals surface area contributed by atoms with Gasteiger partial charge < -0.3 is 17.0 Å². The van der Waals surface area contributed by atoms with E-state index in [1.54, 1.807) is 0 Å². The van der Waals surface area contributed by atoms with Crippen molar-refractivity contribution in [1.29, 1.82) is 0 Å². The second kappa shape index (κ2) is 5.07. The third-order valence-corrected chi connectivity index (χ3v) is 3.14. The molecule has 0 saturated heterocycles. The van der Waals surface area contributed by atoms with E-state index in [0.717, 1.165) is 0 Å². The zero-order valence-electron chi connectivity index (χ0n) is 10.0. The van der Waals surface area contributed by atoms with Gasteiger partial charge in [-0.2, -0.15) is 0 Å². The van der Waals surface area contributed by atoms with Crippen LogP contribution in [0.1, 0.15) is 26.3 Å². The summed E-state index contributed by atoms with van der Waals surface area (Å²) in [6.45, 7) is 6.83. The molecule has 0 N–H and O–H groups in total. The topological polar surface area (TPSA) is 0 Å². The van der Waals surface area contributed by atoms with Crippen molar-refractivity contribution in [1.82, 2.24) is 0 Å². The minimum atomic E-state index is 0. The van der Waals surface area contributed by atoms with Gasteiger partial charge in [0.05, 0.1) is 0 Å². The van der Waals surface area contributed by atoms with Crippen LogP contribution in [-0.2, 0) is 5.41 Å². The minimum absolute atomic E-state index is 0. The molecule has 0 fully saturated rings. The normalized spacial score (nSPS) is 11.3. The van der Waals surface area contributed by atoms with Crippen molar-refractivity contribution in [2.45, 2.75) is 26.2 Å². The summed E-state index contributed by atoms with van der Waals surface area (Å²) in [4.78, 5) is 0. The maximum atomic E-state index is 2.32. The molecule has 0 bridgehead atoms. The molecule has 0 aliphatic rings. The minimum Gasteiger partial charge on any atom is -1.00 e. The van der Waals surface area contributed by atoms with Gasteiger partial charge in [-0.05, 0) is 0 Å². The van der Waals surface area contributed by atoms with Gasteiger partial charge in [-0.3, -0.25) is 0 Å². The van der Waals surface area contributed by atoms with E-state index >= 15 is 0 Å². The van der Waals surface area contributed by atoms with Gasteiger partial charge in [-0.1, -0.05) is 0 Å². The van der Waals surface area contributed by atoms with Crippen LogP contribution in [-0.4, -0.2) is 21.7 Å². The molecule has 0 heterocycles. The summed E-state index contributed by atoms with van der Waals surface area (Å²) in [5.74, 6) is 0. The Balaban J connectivity index is 0.00000128. The number of fused-ring (bicyclic) bond motifs is 1. The number of hydrogen-bond acceptors (Lipinski definition) is 0. The first kappa shape index (κ1) is 14.0. The van der Waals surface area contributed by atoms with Gasteiger partial charge in [0.15, 0.2) is 0 Å². The summed E-state index contributed by atoms with van der Waals surface area (Å²) in [6.07, 6.45) is 0. The average molecular weight is 287 g/mol. The third kappa shape index (κ3) is 2.79. The molecule has 0 aromatic heterocycles. The molecule has 0 saturated carbocycles. The van der Waals surface area contributed by atoms with Gasteiger partial charge in [0.1, 0.15) is 0 Å². The largest absolute Gasteiger partial charge is 1.00 e. The summed E-state index contributed by atoms with van der Waals surface area (Å²) in [7, 11) is 0. The van der Waals surface area contributed by atoms with Crippen molar-refractivity contribution < 1.29 is 17.0 Å². The SMILES string of the molecule is CC(C)(C)c1c[c]([Mg+])cc2ccccc12.[Br-]. The first-order valence-corrected chi connectivity index (χ1v) is 6.04. The van der Waals surface area contributed by atoms with E-state index in [1.165, 1.54) is 20.0 Å². The zero-order valence-corrected chi connectivity index (χ0v) is 13.0. The van der Waals surface area contributed by atoms with Gasteiger partial charge in [0.25, 0.3) is 0 Å². The van der Waals surface area contributed by atoms with Crippen molar-refractivity contribution in [3.05, 3.63) is 42.0 Å². The number of halogens is 1. The van der Waals surface area contributed by atoms with E-state index in [1.807, 2.05) is 21.7 Å². The molecule has 0 atom stereocenters. The number of benzene rings is 2. The summed E-state index contributed by atoms with van der Waals surface area (Å²) in [5, 5.41) is 2.75. The fourth-order valence-electron chi connectivity index (χ4n) is 1.99. The summed E-state index contributed by atoms with van der Waals surface area (Å²) < 4.78 is 1.37. The second-order valence-electron chi connectivity index (χ2n) is 5.11. The van der Waals surface area contributed by atoms with E-state index < -0.39 is 0 Å². The maximum absolute atomic E-state index is 2.32. The van der Waals surface area contributed by atoms with Gasteiger partial charge in [0, 0.05) is 0 Å². The van der Waals surface area contributed by atoms with Crippen molar-refractivity contribution in [3.63, 3.8) is 0 Å². The summed E-state index contributed by atoms with van der Waals surface area (Å²) in [5.41, 5.74) is 1.67. The van der Waals surface area contributed by atoms with Crippen molar-refractivity contribution in [2.24, 2.45) is 0 Å². The third-order valence-electron chi connectivity index (χ3n) is 2.73. The molecule has 2 aromatic carbocycles. The predicted octanol–water partition coefficient (Wildman–Crippen LogP) is -0.0649. The van der Waals surface area contributed by atoms with Crippen LogP contribution in [0.15, 0.2) is 36.4 Å². The van der Waals surface area contributed by atoms with Gasteiger partial charge in [0.2, 0.25) is 0 Å². The Labute approximate surface area is 121 Å². The molecule has 2 rings (SSSR count). The molecular formula is C14H15BrMg. The molecule has 2 aromatic rings. The molecule has 0 unspecified atom stereocenters. The first-order chi connectivity index (χ1) is 6.98. The zero-order chi connectivity index (χ0) is 11.1. The average Bonchev–Trinajstić information content (AvgIpc) is 2.15. The molecular weight excluding hydrogens is 272 g/mol. The number of rotatable bonds is 0. The van der Waals surface area contributed by atoms with Gasteiger partial charge in [-0.15, -0.1) is 0 Å². The van der Waals surface area contributed by atoms with Crippen molar-refractivity contribution in [3.8, 4) is 0 Å². The smallest absolute Gasteiger partial charge is 1.00 e. The summed E-state index contributed by atoms with van der Waals surface area (Å²) >= 11 is 1.96. The van der Waals surface area contributed by atoms with Gasteiger partial charge >= 0.3 is 104 Å². The molecule has 0 amide bonds. The Morgan fingerprint density at radius 1 is 1.00 bits per heavy atom. The molecule has 16 heavy (non-hydrogen) atoms. The standard InChI is InChI=1S/C14H15.BrH.Mg/c1-14(2,3)13-10-6-8-11-7-4-5-9-12(11)13;;/h4-5,7-10H,1-3H3;1H;/q;;+1/p-1. The van der Waals surface area contributed by atoms with Crippen LogP contribution in [0.4, 0.5) is 0 Å². The van der Waals surface area contributed by atoms with Gasteiger partial charge in [-0.25, -0.2) is 0 Å². The fourth-order valence-corrected chi connectivity index (χ4v) is 2.42. The molecule has 0 nitrogen and oxygen atoms in total. The van der Waals surface area contributed by atoms with Crippen LogP contribution in [0.3, 0.4) is 0 Å². The van der Waals surface area contributed by atoms with Crippen LogP contribution in [0, 0.1) is 0 Å². The Kier molecular flexibility index (Phi) is 4.44. The fraction of sp³-hybridized carbons (Fsp3) is 0.286. The van der Waals surface area contributed by atoms with Crippen LogP contribution >= 0.6 is 0 Å². The van der Waals surface area contributed by atoms with Crippen LogP contribution < -0.4 is 20.7 Å². The molecule has 2 heteroatoms.